The topological polar surface area (TPSA) is 47.6 Å². The average molecular weight is 160 g/mol. The zero-order valence-corrected chi connectivity index (χ0v) is 3.68. The van der Waals surface area contributed by atoms with Crippen molar-refractivity contribution in [3.63, 3.8) is 0 Å². The smallest absolute Gasteiger partial charge is 0.181 e. The molecule has 0 atom stereocenters. The quantitative estimate of drug-likeness (QED) is 0.469. The van der Waals surface area contributed by atoms with Crippen LogP contribution in [0.5, 0.6) is 0 Å². The summed E-state index contributed by atoms with van der Waals surface area (Å²) in [7, 11) is 0. The van der Waals surface area contributed by atoms with Crippen LogP contribution in [-0.2, 0) is 22.4 Å². The van der Waals surface area contributed by atoms with Gasteiger partial charge in [0.2, 0.25) is 0 Å². The minimum absolute atomic E-state index is 0. The first-order valence-corrected chi connectivity index (χ1v) is 0.697. The molecule has 0 spiro atoms. The summed E-state index contributed by atoms with van der Waals surface area (Å²) in [5.41, 5.74) is 0. The van der Waals surface area contributed by atoms with Crippen LogP contribution in [0, 0.1) is 22.7 Å². The molecule has 1 radical (unpaired) electrons. The van der Waals surface area contributed by atoms with E-state index in [1.54, 1.807) is 0 Å². The molecule has 5 heavy (non-hydrogen) atoms. The third-order valence-corrected chi connectivity index (χ3v) is 0.0500. The number of hydrogen-bond donors (Lipinski definition) is 0. The Hall–Kier alpha value is -0.280. The molecule has 29 valence electrons. The summed E-state index contributed by atoms with van der Waals surface area (Å²) >= 11 is 0. The summed E-state index contributed by atoms with van der Waals surface area (Å²) < 4.78 is 0. The van der Waals surface area contributed by atoms with Crippen LogP contribution in [-0.4, -0.2) is 0 Å². The van der Waals surface area contributed by atoms with Crippen LogP contribution in [0.15, 0.2) is 0 Å². The van der Waals surface area contributed by atoms with Crippen LogP contribution in [0.2, 0.25) is 0 Å². The van der Waals surface area contributed by atoms with E-state index in [1.165, 1.54) is 12.1 Å². The van der Waals surface area contributed by atoms with E-state index in [9.17, 15) is 0 Å². The fraction of sp³-hybridized carbons (Fsp3) is 0. The maximum atomic E-state index is 7.26. The van der Waals surface area contributed by atoms with Crippen molar-refractivity contribution in [3.8, 4) is 12.1 Å². The van der Waals surface area contributed by atoms with Gasteiger partial charge in [-0.25, -0.2) is 0 Å². The summed E-state index contributed by atoms with van der Waals surface area (Å²) in [4.78, 5) is 0. The van der Waals surface area contributed by atoms with E-state index in [4.69, 9.17) is 10.5 Å². The fourth-order valence-corrected chi connectivity index (χ4v) is 0. The van der Waals surface area contributed by atoms with E-state index < -0.39 is 0 Å². The van der Waals surface area contributed by atoms with Gasteiger partial charge in [-0.15, -0.1) is 0 Å². The zero-order chi connectivity index (χ0) is 3.41. The first kappa shape index (κ1) is 8.83. The summed E-state index contributed by atoms with van der Waals surface area (Å²) in [6.07, 6.45) is 0. The standard InChI is InChI=1S/C2N2.Ag/c3-1-2-4;. The molecule has 0 saturated heterocycles. The van der Waals surface area contributed by atoms with Crippen molar-refractivity contribution in [2.75, 3.05) is 0 Å². The molecule has 0 N–H and O–H groups in total. The third kappa shape index (κ3) is 21.2. The predicted molar refractivity (Wildman–Crippen MR) is 11.2 cm³/mol. The van der Waals surface area contributed by atoms with Crippen LogP contribution in [0.1, 0.15) is 0 Å². The Balaban J connectivity index is 0. The average Bonchev–Trinajstić information content (AvgIpc) is 1.37. The van der Waals surface area contributed by atoms with Gasteiger partial charge in [0.15, 0.2) is 12.1 Å². The van der Waals surface area contributed by atoms with Crippen LogP contribution < -0.4 is 0 Å². The van der Waals surface area contributed by atoms with Crippen molar-refractivity contribution in [2.24, 2.45) is 0 Å². The largest absolute Gasteiger partial charge is 0.181 e. The summed E-state index contributed by atoms with van der Waals surface area (Å²) in [5.74, 6) is 0. The van der Waals surface area contributed by atoms with Gasteiger partial charge >= 0.3 is 0 Å². The Kier molecular flexibility index (Phi) is 16.4. The molecule has 0 aromatic heterocycles. The fourth-order valence-electron chi connectivity index (χ4n) is 0. The molecule has 0 unspecified atom stereocenters. The van der Waals surface area contributed by atoms with Gasteiger partial charge in [-0.3, -0.25) is 0 Å². The molecule has 0 aromatic rings. The summed E-state index contributed by atoms with van der Waals surface area (Å²) in [6.45, 7) is 0. The van der Waals surface area contributed by atoms with E-state index in [0.717, 1.165) is 0 Å². The van der Waals surface area contributed by atoms with Crippen LogP contribution in [0.4, 0.5) is 0 Å². The van der Waals surface area contributed by atoms with E-state index >= 15 is 0 Å². The predicted octanol–water partition coefficient (Wildman–Crippen LogP) is 0.0311. The Morgan fingerprint density at radius 3 is 1.20 bits per heavy atom. The number of hydrogen-bond acceptors (Lipinski definition) is 2. The van der Waals surface area contributed by atoms with Gasteiger partial charge in [0.25, 0.3) is 0 Å². The van der Waals surface area contributed by atoms with Gasteiger partial charge in [0.05, 0.1) is 0 Å². The van der Waals surface area contributed by atoms with E-state index in [2.05, 4.69) is 0 Å². The second-order valence-electron chi connectivity index (χ2n) is 0.224. The van der Waals surface area contributed by atoms with Crippen LogP contribution >= 0.6 is 0 Å². The molecule has 2 nitrogen and oxygen atoms in total. The number of rotatable bonds is 0. The molecule has 0 fully saturated rings. The monoisotopic (exact) mass is 159 g/mol. The molecule has 0 bridgehead atoms. The summed E-state index contributed by atoms with van der Waals surface area (Å²) in [5, 5.41) is 14.5. The molecular weight excluding hydrogens is 160 g/mol. The molecule has 0 heterocycles. The Bertz CT molecular complexity index is 62.6. The zero-order valence-electron chi connectivity index (χ0n) is 2.20. The summed E-state index contributed by atoms with van der Waals surface area (Å²) in [6, 6.07) is 2.47. The normalized spacial score (nSPS) is 2.00. The van der Waals surface area contributed by atoms with Gasteiger partial charge in [-0.2, -0.15) is 10.5 Å². The molecule has 0 amide bonds. The minimum Gasteiger partial charge on any atom is -0.181 e. The van der Waals surface area contributed by atoms with E-state index in [1.807, 2.05) is 0 Å². The molecular formula is C2AgN2. The Morgan fingerprint density at radius 1 is 1.00 bits per heavy atom. The van der Waals surface area contributed by atoms with E-state index in [-0.39, 0.29) is 22.4 Å². The van der Waals surface area contributed by atoms with Crippen LogP contribution in [0.3, 0.4) is 0 Å². The van der Waals surface area contributed by atoms with Crippen molar-refractivity contribution in [3.05, 3.63) is 0 Å². The second-order valence-corrected chi connectivity index (χ2v) is 0.224. The van der Waals surface area contributed by atoms with Crippen molar-refractivity contribution in [1.29, 1.82) is 10.5 Å². The van der Waals surface area contributed by atoms with Crippen LogP contribution in [0.25, 0.3) is 0 Å². The second kappa shape index (κ2) is 9.30. The van der Waals surface area contributed by atoms with Crippen molar-refractivity contribution in [2.45, 2.75) is 0 Å². The number of nitrogens with zero attached hydrogens (tertiary/aromatic N) is 2. The maximum absolute atomic E-state index is 7.26. The maximum Gasteiger partial charge on any atom is 0.181 e. The van der Waals surface area contributed by atoms with E-state index in [0.29, 0.717) is 0 Å². The van der Waals surface area contributed by atoms with Gasteiger partial charge in [-0.05, 0) is 0 Å². The van der Waals surface area contributed by atoms with Gasteiger partial charge in [0.1, 0.15) is 0 Å². The SMILES string of the molecule is N#CC#N.[Ag]. The Labute approximate surface area is 45.5 Å². The van der Waals surface area contributed by atoms with Gasteiger partial charge in [0, 0.05) is 22.4 Å². The molecule has 0 aliphatic rings. The molecule has 0 aliphatic carbocycles. The Morgan fingerprint density at radius 2 is 1.20 bits per heavy atom. The number of nitriles is 2. The van der Waals surface area contributed by atoms with Gasteiger partial charge in [-0.1, -0.05) is 0 Å². The molecule has 0 rings (SSSR count). The molecule has 0 saturated carbocycles. The van der Waals surface area contributed by atoms with Crippen molar-refractivity contribution < 1.29 is 22.4 Å². The molecule has 0 aromatic carbocycles. The first-order chi connectivity index (χ1) is 1.91. The molecule has 0 aliphatic heterocycles. The molecule has 3 heteroatoms. The third-order valence-electron chi connectivity index (χ3n) is 0.0500. The van der Waals surface area contributed by atoms with Crippen molar-refractivity contribution in [1.82, 2.24) is 0 Å². The minimum atomic E-state index is 0. The van der Waals surface area contributed by atoms with Crippen molar-refractivity contribution >= 4 is 0 Å². The first-order valence-electron chi connectivity index (χ1n) is 0.697. The van der Waals surface area contributed by atoms with Gasteiger partial charge < -0.3 is 0 Å².